The molecule has 2 N–H and O–H groups in total. The fourth-order valence-corrected chi connectivity index (χ4v) is 2.52. The van der Waals surface area contributed by atoms with Crippen molar-refractivity contribution in [3.63, 3.8) is 0 Å². The standard InChI is InChI=1S/C14H21ClN2O/c1-14(2)12(8-13(14)18)16-10-7-9(15)5-6-11(10)17(3)4/h5-7,12-13,16,18H,8H2,1-4H3. The van der Waals surface area contributed by atoms with Crippen LogP contribution in [0.3, 0.4) is 0 Å². The number of benzene rings is 1. The molecule has 1 aromatic rings. The summed E-state index contributed by atoms with van der Waals surface area (Å²) in [4.78, 5) is 2.06. The highest BCUT2D eigenvalue weighted by Crippen LogP contribution is 2.43. The third-order valence-corrected chi connectivity index (χ3v) is 4.22. The second-order valence-corrected chi connectivity index (χ2v) is 6.26. The molecule has 100 valence electrons. The molecular formula is C14H21ClN2O. The number of halogens is 1. The first-order valence-corrected chi connectivity index (χ1v) is 6.61. The molecule has 1 saturated carbocycles. The van der Waals surface area contributed by atoms with Gasteiger partial charge in [0.25, 0.3) is 0 Å². The molecule has 0 radical (unpaired) electrons. The highest BCUT2D eigenvalue weighted by atomic mass is 35.5. The Bertz CT molecular complexity index is 445. The Balaban J connectivity index is 2.21. The zero-order valence-electron chi connectivity index (χ0n) is 11.4. The van der Waals surface area contributed by atoms with Crippen molar-refractivity contribution in [3.05, 3.63) is 23.2 Å². The highest BCUT2D eigenvalue weighted by molar-refractivity contribution is 6.31. The fraction of sp³-hybridized carbons (Fsp3) is 0.571. The van der Waals surface area contributed by atoms with Gasteiger partial charge in [-0.15, -0.1) is 0 Å². The van der Waals surface area contributed by atoms with Gasteiger partial charge in [-0.25, -0.2) is 0 Å². The first-order chi connectivity index (χ1) is 8.32. The number of rotatable bonds is 3. The highest BCUT2D eigenvalue weighted by Gasteiger charge is 2.47. The molecular weight excluding hydrogens is 248 g/mol. The summed E-state index contributed by atoms with van der Waals surface area (Å²) in [6, 6.07) is 6.12. The van der Waals surface area contributed by atoms with E-state index in [1.54, 1.807) is 0 Å². The van der Waals surface area contributed by atoms with Crippen LogP contribution in [0.1, 0.15) is 20.3 Å². The maximum absolute atomic E-state index is 9.78. The molecule has 1 aromatic carbocycles. The lowest BCUT2D eigenvalue weighted by Crippen LogP contribution is -2.57. The molecule has 0 spiro atoms. The number of hydrogen-bond acceptors (Lipinski definition) is 3. The molecule has 0 aromatic heterocycles. The molecule has 3 nitrogen and oxygen atoms in total. The SMILES string of the molecule is CN(C)c1ccc(Cl)cc1NC1CC(O)C1(C)C. The van der Waals surface area contributed by atoms with Crippen LogP contribution in [-0.4, -0.2) is 31.3 Å². The summed E-state index contributed by atoms with van der Waals surface area (Å²) in [6.07, 6.45) is 0.559. The molecule has 1 aliphatic carbocycles. The van der Waals surface area contributed by atoms with Crippen molar-refractivity contribution >= 4 is 23.0 Å². The average Bonchev–Trinajstić information content (AvgIpc) is 2.28. The van der Waals surface area contributed by atoms with Crippen LogP contribution in [0.25, 0.3) is 0 Å². The van der Waals surface area contributed by atoms with Gasteiger partial charge in [-0.1, -0.05) is 25.4 Å². The third-order valence-electron chi connectivity index (χ3n) is 3.99. The van der Waals surface area contributed by atoms with Crippen molar-refractivity contribution in [1.29, 1.82) is 0 Å². The van der Waals surface area contributed by atoms with Crippen molar-refractivity contribution in [2.45, 2.75) is 32.4 Å². The van der Waals surface area contributed by atoms with Gasteiger partial charge in [0, 0.05) is 30.6 Å². The van der Waals surface area contributed by atoms with Gasteiger partial charge < -0.3 is 15.3 Å². The van der Waals surface area contributed by atoms with E-state index in [-0.39, 0.29) is 17.6 Å². The summed E-state index contributed by atoms with van der Waals surface area (Å²) >= 11 is 6.06. The summed E-state index contributed by atoms with van der Waals surface area (Å²) in [6.45, 7) is 4.16. The largest absolute Gasteiger partial charge is 0.392 e. The Morgan fingerprint density at radius 3 is 2.56 bits per heavy atom. The van der Waals surface area contributed by atoms with Crippen molar-refractivity contribution < 1.29 is 5.11 Å². The molecule has 0 saturated heterocycles. The van der Waals surface area contributed by atoms with Crippen LogP contribution in [-0.2, 0) is 0 Å². The van der Waals surface area contributed by atoms with Gasteiger partial charge in [0.05, 0.1) is 17.5 Å². The van der Waals surface area contributed by atoms with E-state index in [1.165, 1.54) is 0 Å². The van der Waals surface area contributed by atoms with E-state index in [2.05, 4.69) is 24.1 Å². The molecule has 2 atom stereocenters. The quantitative estimate of drug-likeness (QED) is 0.885. The lowest BCUT2D eigenvalue weighted by Gasteiger charge is -2.50. The second kappa shape index (κ2) is 4.63. The molecule has 2 rings (SSSR count). The Morgan fingerprint density at radius 2 is 2.06 bits per heavy atom. The average molecular weight is 269 g/mol. The maximum Gasteiger partial charge on any atom is 0.0630 e. The minimum absolute atomic E-state index is 0.0914. The van der Waals surface area contributed by atoms with E-state index in [1.807, 2.05) is 32.3 Å². The molecule has 0 amide bonds. The molecule has 1 aliphatic rings. The van der Waals surface area contributed by atoms with E-state index >= 15 is 0 Å². The first-order valence-electron chi connectivity index (χ1n) is 6.24. The smallest absolute Gasteiger partial charge is 0.0630 e. The van der Waals surface area contributed by atoms with Gasteiger partial charge in [-0.3, -0.25) is 0 Å². The molecule has 0 aliphatic heterocycles. The summed E-state index contributed by atoms with van der Waals surface area (Å²) in [5.41, 5.74) is 2.04. The topological polar surface area (TPSA) is 35.5 Å². The second-order valence-electron chi connectivity index (χ2n) is 5.83. The number of nitrogens with one attached hydrogen (secondary N) is 1. The summed E-state index contributed by atoms with van der Waals surface area (Å²) in [7, 11) is 4.02. The van der Waals surface area contributed by atoms with Gasteiger partial charge in [0.1, 0.15) is 0 Å². The van der Waals surface area contributed by atoms with Crippen LogP contribution in [0.2, 0.25) is 5.02 Å². The first kappa shape index (κ1) is 13.5. The predicted molar refractivity (Wildman–Crippen MR) is 77.6 cm³/mol. The zero-order chi connectivity index (χ0) is 13.5. The number of anilines is 2. The zero-order valence-corrected chi connectivity index (χ0v) is 12.1. The Morgan fingerprint density at radius 1 is 1.39 bits per heavy atom. The molecule has 1 fully saturated rings. The minimum Gasteiger partial charge on any atom is -0.392 e. The van der Waals surface area contributed by atoms with Crippen molar-refractivity contribution in [1.82, 2.24) is 0 Å². The van der Waals surface area contributed by atoms with Gasteiger partial charge >= 0.3 is 0 Å². The van der Waals surface area contributed by atoms with E-state index in [0.29, 0.717) is 0 Å². The maximum atomic E-state index is 9.78. The molecule has 0 bridgehead atoms. The van der Waals surface area contributed by atoms with Gasteiger partial charge in [-0.05, 0) is 24.6 Å². The van der Waals surface area contributed by atoms with Gasteiger partial charge in [0.2, 0.25) is 0 Å². The van der Waals surface area contributed by atoms with Gasteiger partial charge in [0.15, 0.2) is 0 Å². The Kier molecular flexibility index (Phi) is 3.47. The fourth-order valence-electron chi connectivity index (χ4n) is 2.35. The molecule has 18 heavy (non-hydrogen) atoms. The summed E-state index contributed by atoms with van der Waals surface area (Å²) < 4.78 is 0. The van der Waals surface area contributed by atoms with Crippen LogP contribution in [0, 0.1) is 5.41 Å². The van der Waals surface area contributed by atoms with Crippen molar-refractivity contribution in [2.75, 3.05) is 24.3 Å². The lowest BCUT2D eigenvalue weighted by molar-refractivity contribution is -0.0510. The van der Waals surface area contributed by atoms with Crippen LogP contribution in [0.4, 0.5) is 11.4 Å². The summed E-state index contributed by atoms with van der Waals surface area (Å²) in [5.74, 6) is 0. The molecule has 4 heteroatoms. The Hall–Kier alpha value is -0.930. The third kappa shape index (κ3) is 2.29. The molecule has 2 unspecified atom stereocenters. The van der Waals surface area contributed by atoms with Crippen LogP contribution in [0.15, 0.2) is 18.2 Å². The number of hydrogen-bond donors (Lipinski definition) is 2. The van der Waals surface area contributed by atoms with Crippen LogP contribution >= 0.6 is 11.6 Å². The number of aliphatic hydroxyl groups is 1. The van der Waals surface area contributed by atoms with Crippen molar-refractivity contribution in [3.8, 4) is 0 Å². The number of nitrogens with zero attached hydrogens (tertiary/aromatic N) is 1. The van der Waals surface area contributed by atoms with Crippen LogP contribution < -0.4 is 10.2 Å². The predicted octanol–water partition coefficient (Wildman–Crippen LogP) is 2.98. The van der Waals surface area contributed by atoms with Gasteiger partial charge in [-0.2, -0.15) is 0 Å². The van der Waals surface area contributed by atoms with E-state index in [0.717, 1.165) is 22.8 Å². The lowest BCUT2D eigenvalue weighted by atomic mass is 9.64. The normalized spacial score (nSPS) is 25.4. The number of aliphatic hydroxyl groups excluding tert-OH is 1. The van der Waals surface area contributed by atoms with E-state index in [9.17, 15) is 5.11 Å². The monoisotopic (exact) mass is 268 g/mol. The molecule has 0 heterocycles. The van der Waals surface area contributed by atoms with Crippen LogP contribution in [0.5, 0.6) is 0 Å². The Labute approximate surface area is 114 Å². The minimum atomic E-state index is -0.225. The van der Waals surface area contributed by atoms with E-state index in [4.69, 9.17) is 11.6 Å². The summed E-state index contributed by atoms with van der Waals surface area (Å²) in [5, 5.41) is 14.0. The van der Waals surface area contributed by atoms with E-state index < -0.39 is 0 Å². The van der Waals surface area contributed by atoms with Crippen molar-refractivity contribution in [2.24, 2.45) is 5.41 Å².